The second kappa shape index (κ2) is 6.99. The summed E-state index contributed by atoms with van der Waals surface area (Å²) < 4.78 is 10.7. The van der Waals surface area contributed by atoms with Crippen molar-refractivity contribution in [1.29, 1.82) is 0 Å². The lowest BCUT2D eigenvalue weighted by Gasteiger charge is -2.37. The molecule has 0 aromatic heterocycles. The first kappa shape index (κ1) is 17.0. The Morgan fingerprint density at radius 2 is 2.08 bits per heavy atom. The smallest absolute Gasteiger partial charge is 0.257 e. The highest BCUT2D eigenvalue weighted by Crippen LogP contribution is 2.44. The molecule has 1 atom stereocenters. The molecule has 132 valence electrons. The molecule has 3 rings (SSSR count). The molecule has 2 aliphatic rings. The first-order valence-electron chi connectivity index (χ1n) is 8.47. The second-order valence-corrected chi connectivity index (χ2v) is 6.72. The lowest BCUT2D eigenvalue weighted by atomic mass is 9.71. The summed E-state index contributed by atoms with van der Waals surface area (Å²) in [6.45, 7) is 3.30. The van der Waals surface area contributed by atoms with Crippen LogP contribution in [-0.4, -0.2) is 62.9 Å². The molecule has 2 aliphatic heterocycles. The van der Waals surface area contributed by atoms with E-state index in [1.807, 2.05) is 4.90 Å². The van der Waals surface area contributed by atoms with Gasteiger partial charge in [-0.3, -0.25) is 4.79 Å². The summed E-state index contributed by atoms with van der Waals surface area (Å²) in [5, 5.41) is 13.2. The van der Waals surface area contributed by atoms with E-state index in [1.165, 1.54) is 0 Å². The molecule has 2 saturated heterocycles. The molecular formula is C18H26N2O4. The summed E-state index contributed by atoms with van der Waals surface area (Å²) in [5.74, 6) is 1.11. The van der Waals surface area contributed by atoms with Crippen LogP contribution in [0.4, 0.5) is 0 Å². The number of hydrogen-bond donors (Lipinski definition) is 2. The van der Waals surface area contributed by atoms with E-state index in [9.17, 15) is 9.90 Å². The van der Waals surface area contributed by atoms with E-state index in [1.54, 1.807) is 32.4 Å². The van der Waals surface area contributed by atoms with Crippen molar-refractivity contribution in [3.63, 3.8) is 0 Å². The number of rotatable bonds is 4. The normalized spacial score (nSPS) is 22.6. The van der Waals surface area contributed by atoms with Gasteiger partial charge >= 0.3 is 0 Å². The van der Waals surface area contributed by atoms with Gasteiger partial charge in [0.1, 0.15) is 0 Å². The van der Waals surface area contributed by atoms with Gasteiger partial charge < -0.3 is 24.8 Å². The van der Waals surface area contributed by atoms with E-state index >= 15 is 0 Å². The number of aliphatic hydroxyl groups is 1. The Morgan fingerprint density at radius 3 is 2.71 bits per heavy atom. The van der Waals surface area contributed by atoms with Crippen molar-refractivity contribution in [2.45, 2.75) is 12.8 Å². The molecule has 0 saturated carbocycles. The number of benzene rings is 1. The first-order valence-corrected chi connectivity index (χ1v) is 8.47. The molecule has 1 spiro atoms. The van der Waals surface area contributed by atoms with Crippen LogP contribution in [0.3, 0.4) is 0 Å². The number of amides is 1. The highest BCUT2D eigenvalue weighted by molar-refractivity contribution is 5.98. The van der Waals surface area contributed by atoms with Crippen LogP contribution in [0.1, 0.15) is 23.2 Å². The van der Waals surface area contributed by atoms with Crippen LogP contribution in [0, 0.1) is 11.3 Å². The number of methoxy groups -OCH3 is 2. The number of ether oxygens (including phenoxy) is 2. The van der Waals surface area contributed by atoms with Crippen molar-refractivity contribution in [2.75, 3.05) is 47.0 Å². The quantitative estimate of drug-likeness (QED) is 0.864. The van der Waals surface area contributed by atoms with Crippen LogP contribution < -0.4 is 14.8 Å². The fourth-order valence-corrected chi connectivity index (χ4v) is 4.16. The third-order valence-corrected chi connectivity index (χ3v) is 5.55. The summed E-state index contributed by atoms with van der Waals surface area (Å²) in [6.07, 6.45) is 1.99. The molecule has 6 heteroatoms. The zero-order valence-electron chi connectivity index (χ0n) is 14.4. The number of carbonyl (C=O) groups excluding carboxylic acids is 1. The number of nitrogens with zero attached hydrogens (tertiary/aromatic N) is 1. The average molecular weight is 334 g/mol. The lowest BCUT2D eigenvalue weighted by Crippen LogP contribution is -2.43. The number of hydrogen-bond acceptors (Lipinski definition) is 5. The van der Waals surface area contributed by atoms with Crippen LogP contribution in [0.5, 0.6) is 11.5 Å². The Balaban J connectivity index is 1.86. The molecule has 2 fully saturated rings. The van der Waals surface area contributed by atoms with Crippen LogP contribution in [-0.2, 0) is 0 Å². The molecule has 0 radical (unpaired) electrons. The van der Waals surface area contributed by atoms with E-state index < -0.39 is 0 Å². The van der Waals surface area contributed by atoms with Crippen LogP contribution >= 0.6 is 0 Å². The van der Waals surface area contributed by atoms with Gasteiger partial charge in [0.25, 0.3) is 5.91 Å². The minimum Gasteiger partial charge on any atom is -0.493 e. The summed E-state index contributed by atoms with van der Waals surface area (Å²) in [5.41, 5.74) is 0.543. The summed E-state index contributed by atoms with van der Waals surface area (Å²) in [4.78, 5) is 14.9. The SMILES string of the molecule is COc1cccc(C(=O)N2CC(CO)C3(CCNCC3)C2)c1OC. The lowest BCUT2D eigenvalue weighted by molar-refractivity contribution is 0.0752. The highest BCUT2D eigenvalue weighted by atomic mass is 16.5. The number of para-hydroxylation sites is 1. The molecule has 0 aliphatic carbocycles. The minimum atomic E-state index is -0.0559. The van der Waals surface area contributed by atoms with Gasteiger partial charge in [0.2, 0.25) is 0 Å². The highest BCUT2D eigenvalue weighted by Gasteiger charge is 2.48. The largest absolute Gasteiger partial charge is 0.493 e. The van der Waals surface area contributed by atoms with Gasteiger partial charge in [-0.25, -0.2) is 0 Å². The standard InChI is InChI=1S/C18H26N2O4/c1-23-15-5-3-4-14(16(15)24-2)17(22)20-10-13(11-21)18(12-20)6-8-19-9-7-18/h3-5,13,19,21H,6-12H2,1-2H3. The van der Waals surface area contributed by atoms with Crippen molar-refractivity contribution in [3.8, 4) is 11.5 Å². The number of piperidine rings is 1. The van der Waals surface area contributed by atoms with Gasteiger partial charge in [-0.1, -0.05) is 6.07 Å². The number of likely N-dealkylation sites (tertiary alicyclic amines) is 1. The molecule has 1 amide bonds. The van der Waals surface area contributed by atoms with Crippen molar-refractivity contribution >= 4 is 5.91 Å². The van der Waals surface area contributed by atoms with E-state index in [0.717, 1.165) is 25.9 Å². The molecule has 1 aromatic carbocycles. The maximum atomic E-state index is 13.1. The predicted octanol–water partition coefficient (Wildman–Crippen LogP) is 1.14. The minimum absolute atomic E-state index is 0.0295. The third kappa shape index (κ3) is 2.84. The zero-order valence-corrected chi connectivity index (χ0v) is 14.4. The van der Waals surface area contributed by atoms with Gasteiger partial charge in [0.15, 0.2) is 11.5 Å². The summed E-state index contributed by atoms with van der Waals surface area (Å²) in [6, 6.07) is 5.35. The Labute approximate surface area is 142 Å². The maximum Gasteiger partial charge on any atom is 0.257 e. The van der Waals surface area contributed by atoms with Gasteiger partial charge in [-0.15, -0.1) is 0 Å². The third-order valence-electron chi connectivity index (χ3n) is 5.55. The van der Waals surface area contributed by atoms with Crippen molar-refractivity contribution < 1.29 is 19.4 Å². The summed E-state index contributed by atoms with van der Waals surface area (Å²) >= 11 is 0. The molecule has 2 heterocycles. The second-order valence-electron chi connectivity index (χ2n) is 6.72. The van der Waals surface area contributed by atoms with Gasteiger partial charge in [0.05, 0.1) is 19.8 Å². The molecule has 6 nitrogen and oxygen atoms in total. The molecular weight excluding hydrogens is 308 g/mol. The monoisotopic (exact) mass is 334 g/mol. The fraction of sp³-hybridized carbons (Fsp3) is 0.611. The summed E-state index contributed by atoms with van der Waals surface area (Å²) in [7, 11) is 3.11. The van der Waals surface area contributed by atoms with E-state index in [0.29, 0.717) is 30.2 Å². The van der Waals surface area contributed by atoms with Crippen LogP contribution in [0.25, 0.3) is 0 Å². The molecule has 1 unspecified atom stereocenters. The Hall–Kier alpha value is -1.79. The molecule has 0 bridgehead atoms. The topological polar surface area (TPSA) is 71.0 Å². The van der Waals surface area contributed by atoms with Gasteiger partial charge in [0, 0.05) is 25.6 Å². The van der Waals surface area contributed by atoms with Crippen molar-refractivity contribution in [3.05, 3.63) is 23.8 Å². The number of nitrogens with one attached hydrogen (secondary N) is 1. The number of carbonyl (C=O) groups is 1. The van der Waals surface area contributed by atoms with Crippen molar-refractivity contribution in [1.82, 2.24) is 10.2 Å². The molecule has 2 N–H and O–H groups in total. The van der Waals surface area contributed by atoms with Gasteiger partial charge in [-0.2, -0.15) is 0 Å². The van der Waals surface area contributed by atoms with Crippen LogP contribution in [0.15, 0.2) is 18.2 Å². The maximum absolute atomic E-state index is 13.1. The zero-order chi connectivity index (χ0) is 17.2. The van der Waals surface area contributed by atoms with Crippen molar-refractivity contribution in [2.24, 2.45) is 11.3 Å². The Kier molecular flexibility index (Phi) is 4.96. The van der Waals surface area contributed by atoms with Crippen LogP contribution in [0.2, 0.25) is 0 Å². The first-order chi connectivity index (χ1) is 11.6. The van der Waals surface area contributed by atoms with Gasteiger partial charge in [-0.05, 0) is 43.5 Å². The van der Waals surface area contributed by atoms with E-state index in [4.69, 9.17) is 9.47 Å². The number of aliphatic hydroxyl groups excluding tert-OH is 1. The Morgan fingerprint density at radius 1 is 1.33 bits per heavy atom. The van der Waals surface area contributed by atoms with E-state index in [2.05, 4.69) is 5.32 Å². The fourth-order valence-electron chi connectivity index (χ4n) is 4.16. The van der Waals surface area contributed by atoms with E-state index in [-0.39, 0.29) is 23.8 Å². The predicted molar refractivity (Wildman–Crippen MR) is 90.6 cm³/mol. The molecule has 24 heavy (non-hydrogen) atoms. The average Bonchev–Trinajstić information content (AvgIpc) is 2.98. The Bertz CT molecular complexity index is 599. The molecule has 1 aromatic rings.